The number of nitrogens with one attached hydrogen (secondary N) is 1. The highest BCUT2D eigenvalue weighted by molar-refractivity contribution is 5.73. The first-order valence-corrected chi connectivity index (χ1v) is 8.64. The molecule has 4 nitrogen and oxygen atoms in total. The fourth-order valence-corrected chi connectivity index (χ4v) is 3.34. The lowest BCUT2D eigenvalue weighted by Crippen LogP contribution is -2.42. The zero-order valence-electron chi connectivity index (χ0n) is 13.9. The molecule has 0 fully saturated rings. The van der Waals surface area contributed by atoms with E-state index in [0.717, 1.165) is 25.1 Å². The number of urea groups is 1. The van der Waals surface area contributed by atoms with Crippen LogP contribution in [0.3, 0.4) is 0 Å². The number of para-hydroxylation sites is 1. The summed E-state index contributed by atoms with van der Waals surface area (Å²) in [5, 5.41) is 3.02. The number of rotatable bonds is 5. The molecule has 1 aliphatic carbocycles. The minimum Gasteiger partial charge on any atom is -0.488 e. The summed E-state index contributed by atoms with van der Waals surface area (Å²) in [7, 11) is 1.83. The fourth-order valence-electron chi connectivity index (χ4n) is 3.34. The van der Waals surface area contributed by atoms with Crippen molar-refractivity contribution in [3.63, 3.8) is 0 Å². The van der Waals surface area contributed by atoms with E-state index in [4.69, 9.17) is 4.74 Å². The minimum atomic E-state index is -0.0130. The number of carbonyl (C=O) groups is 1. The summed E-state index contributed by atoms with van der Waals surface area (Å²) in [4.78, 5) is 13.9. The number of nitrogens with zero attached hydrogens (tertiary/aromatic N) is 1. The molecule has 1 heterocycles. The first kappa shape index (κ1) is 15.9. The third-order valence-corrected chi connectivity index (χ3v) is 4.65. The Morgan fingerprint density at radius 2 is 2.22 bits per heavy atom. The minimum absolute atomic E-state index is 0.0130. The van der Waals surface area contributed by atoms with Crippen LogP contribution >= 0.6 is 0 Å². The predicted octanol–water partition coefficient (Wildman–Crippen LogP) is 3.52. The van der Waals surface area contributed by atoms with E-state index in [1.807, 2.05) is 25.2 Å². The summed E-state index contributed by atoms with van der Waals surface area (Å²) in [5.74, 6) is 0.954. The van der Waals surface area contributed by atoms with Gasteiger partial charge >= 0.3 is 6.03 Å². The smallest absolute Gasteiger partial charge is 0.317 e. The molecule has 0 radical (unpaired) electrons. The number of carbonyl (C=O) groups excluding carboxylic acids is 1. The second-order valence-electron chi connectivity index (χ2n) is 6.52. The van der Waals surface area contributed by atoms with Crippen molar-refractivity contribution in [1.29, 1.82) is 0 Å². The molecule has 1 atom stereocenters. The average molecular weight is 314 g/mol. The van der Waals surface area contributed by atoms with Crippen LogP contribution in [-0.4, -0.2) is 37.2 Å². The van der Waals surface area contributed by atoms with Crippen LogP contribution in [0.25, 0.3) is 0 Å². The first-order valence-electron chi connectivity index (χ1n) is 8.64. The molecule has 1 aromatic carbocycles. The number of fused-ring (bicyclic) bond motifs is 1. The molecule has 0 saturated carbocycles. The van der Waals surface area contributed by atoms with Crippen LogP contribution in [0.15, 0.2) is 35.9 Å². The molecule has 0 aromatic heterocycles. The van der Waals surface area contributed by atoms with Crippen LogP contribution in [0.1, 0.15) is 37.7 Å². The summed E-state index contributed by atoms with van der Waals surface area (Å²) in [5.41, 5.74) is 2.73. The molecule has 0 saturated heterocycles. The molecule has 2 amide bonds. The highest BCUT2D eigenvalue weighted by Gasteiger charge is 2.24. The quantitative estimate of drug-likeness (QED) is 0.845. The van der Waals surface area contributed by atoms with Crippen molar-refractivity contribution in [3.8, 4) is 5.75 Å². The summed E-state index contributed by atoms with van der Waals surface area (Å²) < 4.78 is 5.90. The maximum atomic E-state index is 12.2. The molecule has 1 aliphatic heterocycles. The number of ether oxygens (including phenoxy) is 1. The topological polar surface area (TPSA) is 41.6 Å². The van der Waals surface area contributed by atoms with Crippen LogP contribution in [0.2, 0.25) is 0 Å². The second-order valence-corrected chi connectivity index (χ2v) is 6.52. The molecule has 2 aliphatic rings. The average Bonchev–Trinajstić information content (AvgIpc) is 2.98. The zero-order chi connectivity index (χ0) is 16.1. The largest absolute Gasteiger partial charge is 0.488 e. The van der Waals surface area contributed by atoms with Crippen molar-refractivity contribution in [3.05, 3.63) is 41.5 Å². The maximum absolute atomic E-state index is 12.2. The molecular weight excluding hydrogens is 288 g/mol. The summed E-state index contributed by atoms with van der Waals surface area (Å²) >= 11 is 0. The molecule has 4 heteroatoms. The van der Waals surface area contributed by atoms with Gasteiger partial charge in [0.05, 0.1) is 6.54 Å². The fraction of sp³-hybridized carbons (Fsp3) is 0.526. The van der Waals surface area contributed by atoms with E-state index in [9.17, 15) is 4.79 Å². The van der Waals surface area contributed by atoms with Crippen molar-refractivity contribution in [2.45, 2.75) is 44.6 Å². The Labute approximate surface area is 138 Å². The van der Waals surface area contributed by atoms with E-state index in [1.165, 1.54) is 36.8 Å². The number of amides is 2. The predicted molar refractivity (Wildman–Crippen MR) is 91.8 cm³/mol. The molecule has 0 spiro atoms. The van der Waals surface area contributed by atoms with E-state index in [0.29, 0.717) is 6.54 Å². The van der Waals surface area contributed by atoms with Crippen molar-refractivity contribution in [2.24, 2.45) is 0 Å². The van der Waals surface area contributed by atoms with Gasteiger partial charge in [0.25, 0.3) is 0 Å². The van der Waals surface area contributed by atoms with Gasteiger partial charge < -0.3 is 15.0 Å². The van der Waals surface area contributed by atoms with Gasteiger partial charge in [-0.05, 0) is 43.7 Å². The van der Waals surface area contributed by atoms with Crippen LogP contribution in [0, 0.1) is 0 Å². The number of hydrogen-bond acceptors (Lipinski definition) is 2. The molecule has 3 rings (SSSR count). The van der Waals surface area contributed by atoms with Gasteiger partial charge in [-0.1, -0.05) is 29.8 Å². The van der Waals surface area contributed by atoms with Crippen LogP contribution in [-0.2, 0) is 6.42 Å². The highest BCUT2D eigenvalue weighted by Crippen LogP contribution is 2.28. The van der Waals surface area contributed by atoms with Crippen molar-refractivity contribution in [1.82, 2.24) is 10.2 Å². The van der Waals surface area contributed by atoms with Crippen molar-refractivity contribution < 1.29 is 9.53 Å². The molecule has 0 bridgehead atoms. The van der Waals surface area contributed by atoms with Gasteiger partial charge in [-0.2, -0.15) is 0 Å². The molecule has 23 heavy (non-hydrogen) atoms. The van der Waals surface area contributed by atoms with Gasteiger partial charge in [0.15, 0.2) is 0 Å². The van der Waals surface area contributed by atoms with Gasteiger partial charge in [-0.3, -0.25) is 0 Å². The van der Waals surface area contributed by atoms with E-state index >= 15 is 0 Å². The Bertz CT molecular complexity index is 557. The van der Waals surface area contributed by atoms with E-state index in [-0.39, 0.29) is 12.1 Å². The molecule has 1 aromatic rings. The van der Waals surface area contributed by atoms with E-state index in [2.05, 4.69) is 17.5 Å². The first-order chi connectivity index (χ1) is 11.2. The van der Waals surface area contributed by atoms with Gasteiger partial charge in [0.1, 0.15) is 11.9 Å². The van der Waals surface area contributed by atoms with E-state index in [1.54, 1.807) is 4.90 Å². The third-order valence-electron chi connectivity index (χ3n) is 4.65. The third kappa shape index (κ3) is 4.27. The Hall–Kier alpha value is -1.97. The molecule has 1 N–H and O–H groups in total. The summed E-state index contributed by atoms with van der Waals surface area (Å²) in [6, 6.07) is 8.08. The normalized spacial score (nSPS) is 19.5. The second kappa shape index (κ2) is 7.53. The van der Waals surface area contributed by atoms with Gasteiger partial charge in [0, 0.05) is 20.0 Å². The van der Waals surface area contributed by atoms with Crippen LogP contribution < -0.4 is 10.1 Å². The zero-order valence-corrected chi connectivity index (χ0v) is 13.9. The van der Waals surface area contributed by atoms with Gasteiger partial charge in [-0.25, -0.2) is 4.79 Å². The molecule has 124 valence electrons. The number of benzene rings is 1. The van der Waals surface area contributed by atoms with Crippen molar-refractivity contribution in [2.75, 3.05) is 20.1 Å². The molecule has 0 unspecified atom stereocenters. The highest BCUT2D eigenvalue weighted by atomic mass is 16.5. The van der Waals surface area contributed by atoms with Crippen LogP contribution in [0.5, 0.6) is 5.75 Å². The summed E-state index contributed by atoms with van der Waals surface area (Å²) in [6.45, 7) is 1.34. The van der Waals surface area contributed by atoms with Crippen molar-refractivity contribution >= 4 is 6.03 Å². The Balaban J connectivity index is 1.39. The lowest BCUT2D eigenvalue weighted by molar-refractivity contribution is 0.164. The van der Waals surface area contributed by atoms with Gasteiger partial charge in [-0.15, -0.1) is 0 Å². The maximum Gasteiger partial charge on any atom is 0.317 e. The molecular formula is C19H26N2O2. The number of allylic oxidation sites excluding steroid dienone is 1. The lowest BCUT2D eigenvalue weighted by atomic mass is 9.97. The van der Waals surface area contributed by atoms with Crippen LogP contribution in [0.4, 0.5) is 4.79 Å². The Kier molecular flexibility index (Phi) is 5.21. The Morgan fingerprint density at radius 1 is 1.35 bits per heavy atom. The lowest BCUT2D eigenvalue weighted by Gasteiger charge is -2.22. The van der Waals surface area contributed by atoms with E-state index < -0.39 is 0 Å². The number of likely N-dealkylation sites (N-methyl/N-ethyl adjacent to an activating group) is 1. The SMILES string of the molecule is CN(C[C@H]1Cc2ccccc2O1)C(=O)NCCC1=CCCCC1. The monoisotopic (exact) mass is 314 g/mol. The van der Waals surface area contributed by atoms with Gasteiger partial charge in [0.2, 0.25) is 0 Å². The Morgan fingerprint density at radius 3 is 3.00 bits per heavy atom. The number of hydrogen-bond donors (Lipinski definition) is 1. The summed E-state index contributed by atoms with van der Waals surface area (Å²) in [6.07, 6.45) is 9.24. The standard InChI is InChI=1S/C19H26N2O2/c1-21(14-17-13-16-9-5-6-10-18(16)23-17)19(22)20-12-11-15-7-3-2-4-8-15/h5-7,9-10,17H,2-4,8,11-14H2,1H3,(H,20,22)/t17-/m1/s1.